The van der Waals surface area contributed by atoms with Gasteiger partial charge in [0.2, 0.25) is 0 Å². The molecule has 236 valence electrons. The molecule has 0 fully saturated rings. The Bertz CT molecular complexity index is 1600. The molecule has 0 unspecified atom stereocenters. The topological polar surface area (TPSA) is 92.1 Å². The molecule has 3 heterocycles. The van der Waals surface area contributed by atoms with Gasteiger partial charge in [-0.05, 0) is 74.9 Å². The molecule has 0 aliphatic rings. The van der Waals surface area contributed by atoms with Gasteiger partial charge in [-0.1, -0.05) is 110 Å². The molecule has 0 atom stereocenters. The molecule has 9 nitrogen and oxygen atoms in total. The fourth-order valence-corrected chi connectivity index (χ4v) is 8.10. The molecular weight excluding hydrogens is 589 g/mol. The van der Waals surface area contributed by atoms with Crippen LogP contribution in [-0.4, -0.2) is 45.0 Å². The van der Waals surface area contributed by atoms with E-state index in [2.05, 4.69) is 57.2 Å². The first-order valence-electron chi connectivity index (χ1n) is 16.5. The van der Waals surface area contributed by atoms with E-state index < -0.39 is 7.92 Å². The van der Waals surface area contributed by atoms with E-state index in [0.29, 0.717) is 0 Å². The van der Waals surface area contributed by atoms with Gasteiger partial charge in [0.05, 0.1) is 42.1 Å². The number of para-hydroxylation sites is 3. The van der Waals surface area contributed by atoms with Crippen LogP contribution < -0.4 is 16.3 Å². The fourth-order valence-electron chi connectivity index (χ4n) is 5.72. The number of hydrogen-bond donors (Lipinski definition) is 0. The van der Waals surface area contributed by atoms with Crippen LogP contribution in [-0.2, 0) is 19.3 Å². The van der Waals surface area contributed by atoms with Gasteiger partial charge in [-0.3, -0.25) is 0 Å². The Morgan fingerprint density at radius 2 is 0.717 bits per heavy atom. The predicted molar refractivity (Wildman–Crippen MR) is 186 cm³/mol. The second-order valence-corrected chi connectivity index (χ2v) is 13.4. The average molecular weight is 632 g/mol. The minimum absolute atomic E-state index is 0.848. The molecule has 3 aromatic heterocycles. The van der Waals surface area contributed by atoms with Crippen LogP contribution in [0.1, 0.15) is 76.4 Å². The van der Waals surface area contributed by atoms with Crippen molar-refractivity contribution in [2.45, 2.75) is 78.6 Å². The molecule has 10 heteroatoms. The molecule has 0 aliphatic carbocycles. The van der Waals surface area contributed by atoms with Crippen molar-refractivity contribution in [3.8, 4) is 17.1 Å². The van der Waals surface area contributed by atoms with Crippen LogP contribution in [0.3, 0.4) is 0 Å². The monoisotopic (exact) mass is 631 g/mol. The Morgan fingerprint density at radius 1 is 0.435 bits per heavy atom. The summed E-state index contributed by atoms with van der Waals surface area (Å²) in [7, 11) is -1.35. The largest absolute Gasteiger partial charge is 0.217 e. The summed E-state index contributed by atoms with van der Waals surface area (Å²) in [5, 5.41) is 29.4. The molecule has 0 saturated carbocycles. The van der Waals surface area contributed by atoms with E-state index in [0.717, 1.165) is 108 Å². The summed E-state index contributed by atoms with van der Waals surface area (Å²) in [5.41, 5.74) is 9.11. The second-order valence-electron chi connectivity index (χ2n) is 11.5. The maximum Gasteiger partial charge on any atom is 0.121 e. The predicted octanol–water partition coefficient (Wildman–Crippen LogP) is 6.21. The van der Waals surface area contributed by atoms with Gasteiger partial charge < -0.3 is 0 Å². The molecule has 6 rings (SSSR count). The zero-order valence-corrected chi connectivity index (χ0v) is 27.9. The SMILES string of the molecule is CCCCc1c(P(c2nnn(-c3ccccc3)c2CCCC)c2nnn(-c3ccccc3)c2CCCC)nnn1-c1ccccc1. The molecule has 0 amide bonds. The third-order valence-corrected chi connectivity index (χ3v) is 10.5. The van der Waals surface area contributed by atoms with Crippen molar-refractivity contribution in [3.63, 3.8) is 0 Å². The van der Waals surface area contributed by atoms with Gasteiger partial charge in [-0.25, -0.2) is 14.0 Å². The number of unbranched alkanes of at least 4 members (excludes halogenated alkanes) is 3. The first-order chi connectivity index (χ1) is 22.7. The van der Waals surface area contributed by atoms with Crippen molar-refractivity contribution in [1.29, 1.82) is 0 Å². The summed E-state index contributed by atoms with van der Waals surface area (Å²) in [6.45, 7) is 6.67. The van der Waals surface area contributed by atoms with E-state index in [1.165, 1.54) is 0 Å². The van der Waals surface area contributed by atoms with Crippen molar-refractivity contribution in [3.05, 3.63) is 108 Å². The Kier molecular flexibility index (Phi) is 10.4. The molecule has 46 heavy (non-hydrogen) atoms. The Labute approximate surface area is 272 Å². The van der Waals surface area contributed by atoms with Gasteiger partial charge in [0.1, 0.15) is 16.3 Å². The van der Waals surface area contributed by atoms with E-state index in [9.17, 15) is 0 Å². The summed E-state index contributed by atoms with van der Waals surface area (Å²) >= 11 is 0. The molecule has 3 aromatic carbocycles. The van der Waals surface area contributed by atoms with Crippen LogP contribution in [0.2, 0.25) is 0 Å². The molecule has 0 bridgehead atoms. The lowest BCUT2D eigenvalue weighted by atomic mass is 10.2. The lowest BCUT2D eigenvalue weighted by Gasteiger charge is -2.18. The minimum Gasteiger partial charge on any atom is -0.217 e. The Hall–Kier alpha value is -4.49. The van der Waals surface area contributed by atoms with Gasteiger partial charge in [0, 0.05) is 0 Å². The Balaban J connectivity index is 1.62. The zero-order valence-electron chi connectivity index (χ0n) is 27.0. The van der Waals surface area contributed by atoms with E-state index in [4.69, 9.17) is 30.9 Å². The highest BCUT2D eigenvalue weighted by Crippen LogP contribution is 2.37. The molecule has 6 aromatic rings. The standard InChI is InChI=1S/C36H42N9P/c1-4-7-25-31-34(37-40-43(31)28-19-13-10-14-20-28)46(35-32(26-8-5-2)44(41-38-35)29-21-15-11-16-22-29)36-33(27-9-6-3)45(42-39-36)30-23-17-12-18-24-30/h10-24H,4-9,25-27H2,1-3H3. The number of nitrogens with zero attached hydrogens (tertiary/aromatic N) is 9. The van der Waals surface area contributed by atoms with Crippen LogP contribution in [0.5, 0.6) is 0 Å². The zero-order chi connectivity index (χ0) is 31.7. The highest BCUT2D eigenvalue weighted by molar-refractivity contribution is 7.79. The van der Waals surface area contributed by atoms with Crippen LogP contribution >= 0.6 is 7.92 Å². The quantitative estimate of drug-likeness (QED) is 0.125. The maximum atomic E-state index is 4.99. The highest BCUT2D eigenvalue weighted by atomic mass is 31.1. The summed E-state index contributed by atoms with van der Waals surface area (Å²) in [6, 6.07) is 30.9. The average Bonchev–Trinajstić information content (AvgIpc) is 3.84. The third-order valence-electron chi connectivity index (χ3n) is 8.17. The molecule has 0 saturated heterocycles. The summed E-state index contributed by atoms with van der Waals surface area (Å²) < 4.78 is 6.04. The normalized spacial score (nSPS) is 11.5. The second kappa shape index (κ2) is 15.2. The van der Waals surface area contributed by atoms with E-state index in [-0.39, 0.29) is 0 Å². The molecule has 0 spiro atoms. The number of rotatable bonds is 15. The molecule has 0 radical (unpaired) electrons. The summed E-state index contributed by atoms with van der Waals surface area (Å²) in [5.74, 6) is 0. The Morgan fingerprint density at radius 3 is 0.978 bits per heavy atom. The lowest BCUT2D eigenvalue weighted by Crippen LogP contribution is -2.30. The third kappa shape index (κ3) is 6.56. The van der Waals surface area contributed by atoms with Gasteiger partial charge >= 0.3 is 0 Å². The minimum atomic E-state index is -1.35. The van der Waals surface area contributed by atoms with E-state index >= 15 is 0 Å². The fraction of sp³-hybridized carbons (Fsp3) is 0.333. The molecular formula is C36H42N9P. The van der Waals surface area contributed by atoms with Gasteiger partial charge in [0.25, 0.3) is 0 Å². The van der Waals surface area contributed by atoms with Crippen molar-refractivity contribution in [2.75, 3.05) is 0 Å². The van der Waals surface area contributed by atoms with Crippen molar-refractivity contribution >= 4 is 24.2 Å². The molecule has 0 aliphatic heterocycles. The smallest absolute Gasteiger partial charge is 0.121 e. The van der Waals surface area contributed by atoms with Crippen LogP contribution in [0.4, 0.5) is 0 Å². The summed E-state index contributed by atoms with van der Waals surface area (Å²) in [6.07, 6.45) is 8.81. The van der Waals surface area contributed by atoms with Crippen LogP contribution in [0, 0.1) is 0 Å². The van der Waals surface area contributed by atoms with Crippen LogP contribution in [0.25, 0.3) is 17.1 Å². The van der Waals surface area contributed by atoms with Gasteiger partial charge in [0.15, 0.2) is 0 Å². The van der Waals surface area contributed by atoms with Crippen LogP contribution in [0.15, 0.2) is 91.0 Å². The number of hydrogen-bond acceptors (Lipinski definition) is 6. The van der Waals surface area contributed by atoms with Gasteiger partial charge in [-0.15, -0.1) is 15.3 Å². The van der Waals surface area contributed by atoms with Crippen molar-refractivity contribution < 1.29 is 0 Å². The van der Waals surface area contributed by atoms with E-state index in [1.807, 2.05) is 68.6 Å². The van der Waals surface area contributed by atoms with E-state index in [1.54, 1.807) is 0 Å². The lowest BCUT2D eigenvalue weighted by molar-refractivity contribution is 0.715. The number of aromatic nitrogens is 9. The highest BCUT2D eigenvalue weighted by Gasteiger charge is 2.35. The van der Waals surface area contributed by atoms with Gasteiger partial charge in [-0.2, -0.15) is 0 Å². The first kappa shape index (κ1) is 31.5. The maximum absolute atomic E-state index is 4.99. The first-order valence-corrected chi connectivity index (χ1v) is 17.9. The molecule has 0 N–H and O–H groups in total. The number of benzene rings is 3. The van der Waals surface area contributed by atoms with Crippen molar-refractivity contribution in [1.82, 2.24) is 45.0 Å². The summed E-state index contributed by atoms with van der Waals surface area (Å²) in [4.78, 5) is 0. The van der Waals surface area contributed by atoms with Crippen molar-refractivity contribution in [2.24, 2.45) is 0 Å².